The van der Waals surface area contributed by atoms with Gasteiger partial charge < -0.3 is 9.47 Å². The Labute approximate surface area is 133 Å². The highest BCUT2D eigenvalue weighted by atomic mass is 35.5. The van der Waals surface area contributed by atoms with Gasteiger partial charge in [-0.1, -0.05) is 29.3 Å². The number of halogens is 2. The molecule has 0 N–H and O–H groups in total. The largest absolute Gasteiger partial charge is 0.493 e. The van der Waals surface area contributed by atoms with Crippen molar-refractivity contribution in [3.05, 3.63) is 45.9 Å². The predicted molar refractivity (Wildman–Crippen MR) is 85.0 cm³/mol. The molecule has 2 aromatic carbocycles. The van der Waals surface area contributed by atoms with E-state index in [0.717, 1.165) is 17.4 Å². The second-order valence-electron chi connectivity index (χ2n) is 4.28. The smallest absolute Gasteiger partial charge is 0.168 e. The SMILES string of the molecule is CCOc1c(OC)cc(C=O)cc1-c1ccc(Cl)c(Cl)c1. The minimum atomic E-state index is 0.437. The van der Waals surface area contributed by atoms with Crippen LogP contribution in [0, 0.1) is 0 Å². The van der Waals surface area contributed by atoms with E-state index in [0.29, 0.717) is 33.7 Å². The summed E-state index contributed by atoms with van der Waals surface area (Å²) < 4.78 is 11.0. The Kier molecular flexibility index (Phi) is 5.10. The fourth-order valence-corrected chi connectivity index (χ4v) is 2.31. The quantitative estimate of drug-likeness (QED) is 0.735. The van der Waals surface area contributed by atoms with Crippen LogP contribution in [0.5, 0.6) is 11.5 Å². The zero-order chi connectivity index (χ0) is 15.4. The minimum Gasteiger partial charge on any atom is -0.493 e. The van der Waals surface area contributed by atoms with E-state index in [2.05, 4.69) is 0 Å². The molecule has 0 spiro atoms. The summed E-state index contributed by atoms with van der Waals surface area (Å²) in [4.78, 5) is 11.1. The lowest BCUT2D eigenvalue weighted by atomic mass is 10.0. The Balaban J connectivity index is 2.68. The molecule has 0 aromatic heterocycles. The third-order valence-electron chi connectivity index (χ3n) is 2.95. The molecule has 2 rings (SSSR count). The van der Waals surface area contributed by atoms with Crippen molar-refractivity contribution in [1.82, 2.24) is 0 Å². The number of hydrogen-bond donors (Lipinski definition) is 0. The van der Waals surface area contributed by atoms with Gasteiger partial charge in [0.05, 0.1) is 23.8 Å². The van der Waals surface area contributed by atoms with Crippen LogP contribution in [-0.2, 0) is 0 Å². The zero-order valence-electron chi connectivity index (χ0n) is 11.7. The number of benzene rings is 2. The maximum Gasteiger partial charge on any atom is 0.168 e. The van der Waals surface area contributed by atoms with E-state index in [4.69, 9.17) is 32.7 Å². The number of rotatable bonds is 5. The van der Waals surface area contributed by atoms with Gasteiger partial charge in [-0.25, -0.2) is 0 Å². The van der Waals surface area contributed by atoms with E-state index < -0.39 is 0 Å². The molecule has 21 heavy (non-hydrogen) atoms. The highest BCUT2D eigenvalue weighted by Crippen LogP contribution is 2.40. The van der Waals surface area contributed by atoms with Crippen LogP contribution in [0.25, 0.3) is 11.1 Å². The second-order valence-corrected chi connectivity index (χ2v) is 5.09. The first kappa shape index (κ1) is 15.7. The van der Waals surface area contributed by atoms with Crippen molar-refractivity contribution in [3.63, 3.8) is 0 Å². The lowest BCUT2D eigenvalue weighted by Gasteiger charge is -2.15. The van der Waals surface area contributed by atoms with Crippen LogP contribution < -0.4 is 9.47 Å². The average molecular weight is 325 g/mol. The molecule has 0 aliphatic rings. The van der Waals surface area contributed by atoms with Gasteiger partial charge in [0.1, 0.15) is 6.29 Å². The van der Waals surface area contributed by atoms with Gasteiger partial charge in [0.2, 0.25) is 0 Å². The van der Waals surface area contributed by atoms with Crippen LogP contribution in [-0.4, -0.2) is 20.0 Å². The van der Waals surface area contributed by atoms with Crippen LogP contribution in [0.2, 0.25) is 10.0 Å². The molecule has 0 saturated heterocycles. The molecule has 0 amide bonds. The summed E-state index contributed by atoms with van der Waals surface area (Å²) in [6.45, 7) is 2.36. The second kappa shape index (κ2) is 6.83. The number of methoxy groups -OCH3 is 1. The number of carbonyl (C=O) groups is 1. The van der Waals surface area contributed by atoms with Crippen LogP contribution in [0.1, 0.15) is 17.3 Å². The number of aldehydes is 1. The number of ether oxygens (including phenoxy) is 2. The normalized spacial score (nSPS) is 10.3. The standard InChI is InChI=1S/C16H14Cl2O3/c1-3-21-16-12(6-10(9-19)7-15(16)20-2)11-4-5-13(17)14(18)8-11/h4-9H,3H2,1-2H3. The summed E-state index contributed by atoms with van der Waals surface area (Å²) in [6.07, 6.45) is 0.763. The van der Waals surface area contributed by atoms with E-state index in [1.807, 2.05) is 13.0 Å². The number of hydrogen-bond acceptors (Lipinski definition) is 3. The van der Waals surface area contributed by atoms with E-state index in [-0.39, 0.29) is 0 Å². The van der Waals surface area contributed by atoms with Gasteiger partial charge in [-0.3, -0.25) is 4.79 Å². The zero-order valence-corrected chi connectivity index (χ0v) is 13.2. The molecule has 3 nitrogen and oxygen atoms in total. The van der Waals surface area contributed by atoms with Crippen molar-refractivity contribution in [2.45, 2.75) is 6.92 Å². The Morgan fingerprint density at radius 2 is 1.90 bits per heavy atom. The van der Waals surface area contributed by atoms with Crippen molar-refractivity contribution in [2.24, 2.45) is 0 Å². The molecule has 0 saturated carbocycles. The van der Waals surface area contributed by atoms with Gasteiger partial charge in [-0.2, -0.15) is 0 Å². The molecule has 0 bridgehead atoms. The summed E-state index contributed by atoms with van der Waals surface area (Å²) in [5, 5.41) is 0.906. The Bertz CT molecular complexity index is 669. The predicted octanol–water partition coefficient (Wildman–Crippen LogP) is 4.88. The third-order valence-corrected chi connectivity index (χ3v) is 3.69. The molecular weight excluding hydrogens is 311 g/mol. The molecule has 2 aromatic rings. The molecule has 0 radical (unpaired) electrons. The van der Waals surface area contributed by atoms with Gasteiger partial charge in [-0.15, -0.1) is 0 Å². The fraction of sp³-hybridized carbons (Fsp3) is 0.188. The van der Waals surface area contributed by atoms with Crippen molar-refractivity contribution >= 4 is 29.5 Å². The van der Waals surface area contributed by atoms with Gasteiger partial charge in [0.15, 0.2) is 11.5 Å². The summed E-state index contributed by atoms with van der Waals surface area (Å²) >= 11 is 12.0. The molecule has 0 unspecified atom stereocenters. The van der Waals surface area contributed by atoms with Gasteiger partial charge in [-0.05, 0) is 36.8 Å². The Morgan fingerprint density at radius 3 is 2.48 bits per heavy atom. The van der Waals surface area contributed by atoms with Crippen LogP contribution in [0.3, 0.4) is 0 Å². The van der Waals surface area contributed by atoms with Crippen LogP contribution >= 0.6 is 23.2 Å². The molecule has 0 atom stereocenters. The summed E-state index contributed by atoms with van der Waals surface area (Å²) in [6, 6.07) is 8.63. The number of carbonyl (C=O) groups excluding carboxylic acids is 1. The van der Waals surface area contributed by atoms with E-state index in [1.54, 1.807) is 24.3 Å². The lowest BCUT2D eigenvalue weighted by Crippen LogP contribution is -1.99. The maximum absolute atomic E-state index is 11.1. The first-order chi connectivity index (χ1) is 10.1. The molecule has 0 aliphatic carbocycles. The van der Waals surface area contributed by atoms with E-state index >= 15 is 0 Å². The molecular formula is C16H14Cl2O3. The van der Waals surface area contributed by atoms with E-state index in [9.17, 15) is 4.79 Å². The highest BCUT2D eigenvalue weighted by molar-refractivity contribution is 6.42. The topological polar surface area (TPSA) is 35.5 Å². The average Bonchev–Trinajstić information content (AvgIpc) is 2.50. The summed E-state index contributed by atoms with van der Waals surface area (Å²) in [7, 11) is 1.53. The molecule has 0 heterocycles. The summed E-state index contributed by atoms with van der Waals surface area (Å²) in [5.74, 6) is 1.08. The lowest BCUT2D eigenvalue weighted by molar-refractivity contribution is 0.112. The molecule has 5 heteroatoms. The maximum atomic E-state index is 11.1. The fourth-order valence-electron chi connectivity index (χ4n) is 2.01. The van der Waals surface area contributed by atoms with Gasteiger partial charge >= 0.3 is 0 Å². The third kappa shape index (κ3) is 3.31. The highest BCUT2D eigenvalue weighted by Gasteiger charge is 2.15. The first-order valence-electron chi connectivity index (χ1n) is 6.36. The van der Waals surface area contributed by atoms with Crippen molar-refractivity contribution in [1.29, 1.82) is 0 Å². The van der Waals surface area contributed by atoms with E-state index in [1.165, 1.54) is 7.11 Å². The minimum absolute atomic E-state index is 0.437. The van der Waals surface area contributed by atoms with Crippen LogP contribution in [0.15, 0.2) is 30.3 Å². The van der Waals surface area contributed by atoms with Gasteiger partial charge in [0, 0.05) is 11.1 Å². The van der Waals surface area contributed by atoms with Crippen molar-refractivity contribution in [2.75, 3.05) is 13.7 Å². The molecule has 0 fully saturated rings. The van der Waals surface area contributed by atoms with Crippen molar-refractivity contribution < 1.29 is 14.3 Å². The summed E-state index contributed by atoms with van der Waals surface area (Å²) in [5.41, 5.74) is 2.03. The monoisotopic (exact) mass is 324 g/mol. The molecule has 0 aliphatic heterocycles. The Hall–Kier alpha value is -1.71. The molecule has 110 valence electrons. The van der Waals surface area contributed by atoms with Gasteiger partial charge in [0.25, 0.3) is 0 Å². The first-order valence-corrected chi connectivity index (χ1v) is 7.11. The van der Waals surface area contributed by atoms with Crippen LogP contribution in [0.4, 0.5) is 0 Å². The Morgan fingerprint density at radius 1 is 1.14 bits per heavy atom. The van der Waals surface area contributed by atoms with Crippen molar-refractivity contribution in [3.8, 4) is 22.6 Å².